The van der Waals surface area contributed by atoms with E-state index in [4.69, 9.17) is 9.47 Å². The van der Waals surface area contributed by atoms with Crippen molar-refractivity contribution in [2.24, 2.45) is 28.6 Å². The summed E-state index contributed by atoms with van der Waals surface area (Å²) >= 11 is 0. The zero-order chi connectivity index (χ0) is 23.4. The average molecular weight is 453 g/mol. The van der Waals surface area contributed by atoms with E-state index in [0.717, 1.165) is 37.7 Å². The summed E-state index contributed by atoms with van der Waals surface area (Å²) in [4.78, 5) is 25.9. The lowest BCUT2D eigenvalue weighted by atomic mass is 9.46. The Bertz CT molecular complexity index is 1040. The first kappa shape index (κ1) is 21.8. The Kier molecular flexibility index (Phi) is 4.42. The highest BCUT2D eigenvalue weighted by Crippen LogP contribution is 2.75. The molecule has 6 rings (SSSR count). The van der Waals surface area contributed by atoms with Crippen molar-refractivity contribution in [3.05, 3.63) is 34.9 Å². The highest BCUT2D eigenvalue weighted by atomic mass is 16.6. The third-order valence-corrected chi connectivity index (χ3v) is 11.1. The van der Waals surface area contributed by atoms with Gasteiger partial charge < -0.3 is 14.6 Å². The lowest BCUT2D eigenvalue weighted by Gasteiger charge is -2.59. The molecule has 1 N–H and O–H groups in total. The minimum Gasteiger partial charge on any atom is -0.456 e. The van der Waals surface area contributed by atoms with Crippen molar-refractivity contribution in [2.45, 2.75) is 89.9 Å². The number of fused-ring (bicyclic) bond motifs is 3. The Balaban J connectivity index is 1.40. The number of Topliss-reactive ketones (excluding diaryl/α,β-unsaturated/α-hetero) is 1. The van der Waals surface area contributed by atoms with Gasteiger partial charge in [-0.15, -0.1) is 0 Å². The second-order valence-electron chi connectivity index (χ2n) is 12.1. The van der Waals surface area contributed by atoms with Crippen LogP contribution < -0.4 is 0 Å². The third-order valence-electron chi connectivity index (χ3n) is 11.1. The lowest BCUT2D eigenvalue weighted by Crippen LogP contribution is -2.60. The van der Waals surface area contributed by atoms with Gasteiger partial charge in [0.2, 0.25) is 0 Å². The van der Waals surface area contributed by atoms with Crippen molar-refractivity contribution >= 4 is 11.8 Å². The largest absolute Gasteiger partial charge is 0.456 e. The molecule has 1 unspecified atom stereocenters. The quantitative estimate of drug-likeness (QED) is 0.627. The molecule has 0 aromatic rings. The van der Waals surface area contributed by atoms with Crippen LogP contribution in [0.3, 0.4) is 0 Å². The number of allylic oxidation sites excluding steroid dienone is 4. The maximum Gasteiger partial charge on any atom is 0.336 e. The molecule has 0 radical (unpaired) electrons. The third kappa shape index (κ3) is 2.41. The summed E-state index contributed by atoms with van der Waals surface area (Å²) < 4.78 is 13.2. The van der Waals surface area contributed by atoms with Gasteiger partial charge in [-0.3, -0.25) is 4.79 Å². The molecule has 1 saturated heterocycles. The highest BCUT2D eigenvalue weighted by molar-refractivity contribution is 5.92. The first-order valence-corrected chi connectivity index (χ1v) is 12.7. The number of esters is 1. The molecule has 0 spiro atoms. The van der Waals surface area contributed by atoms with Crippen LogP contribution in [0, 0.1) is 28.6 Å². The van der Waals surface area contributed by atoms with Crippen molar-refractivity contribution in [1.82, 2.24) is 0 Å². The highest BCUT2D eigenvalue weighted by Gasteiger charge is 2.77. The number of carbonyl (C=O) groups excluding carboxylic acids is 2. The predicted octanol–water partition coefficient (Wildman–Crippen LogP) is 4.45. The van der Waals surface area contributed by atoms with E-state index in [1.807, 2.05) is 13.0 Å². The molecule has 6 aliphatic rings. The fraction of sp³-hybridized carbons (Fsp3) is 0.714. The molecule has 5 nitrogen and oxygen atoms in total. The number of hydrogen-bond acceptors (Lipinski definition) is 5. The standard InChI is InChI=1S/C28H36O5/c1-16-14-23(32-24(31)18(16)15-29)27(4)21-11-13-28(33-27)20-9-8-17-6-5-7-22(30)26(17,3)19(20)10-12-25(21,28)2/h5-6,8,19-21,23,29H,7,9-15H2,1-4H3/t19-,20+,21?,23+,25+,26-,27+,28+/m0/s1. The number of aliphatic hydroxyl groups excluding tert-OH is 1. The van der Waals surface area contributed by atoms with E-state index >= 15 is 0 Å². The lowest BCUT2D eigenvalue weighted by molar-refractivity contribution is -0.231. The normalized spacial score (nSPS) is 50.5. The monoisotopic (exact) mass is 452 g/mol. The molecule has 178 valence electrons. The summed E-state index contributed by atoms with van der Waals surface area (Å²) in [5.74, 6) is 0.851. The topological polar surface area (TPSA) is 72.8 Å². The van der Waals surface area contributed by atoms with Crippen molar-refractivity contribution in [3.63, 3.8) is 0 Å². The molecule has 33 heavy (non-hydrogen) atoms. The maximum absolute atomic E-state index is 13.3. The molecule has 2 bridgehead atoms. The maximum atomic E-state index is 13.3. The summed E-state index contributed by atoms with van der Waals surface area (Å²) in [5, 5.41) is 9.60. The zero-order valence-corrected chi connectivity index (χ0v) is 20.3. The van der Waals surface area contributed by atoms with Crippen molar-refractivity contribution in [1.29, 1.82) is 0 Å². The molecular weight excluding hydrogens is 416 g/mol. The molecule has 2 heterocycles. The van der Waals surface area contributed by atoms with Crippen LogP contribution in [-0.2, 0) is 19.1 Å². The molecule has 0 amide bonds. The van der Waals surface area contributed by atoms with Gasteiger partial charge in [-0.2, -0.15) is 0 Å². The fourth-order valence-electron chi connectivity index (χ4n) is 9.33. The summed E-state index contributed by atoms with van der Waals surface area (Å²) in [6.07, 6.45) is 12.4. The number of rotatable bonds is 2. The van der Waals surface area contributed by atoms with E-state index in [-0.39, 0.29) is 23.7 Å². The van der Waals surface area contributed by atoms with Crippen LogP contribution in [0.25, 0.3) is 0 Å². The molecule has 0 aromatic heterocycles. The second-order valence-corrected chi connectivity index (χ2v) is 12.1. The van der Waals surface area contributed by atoms with Gasteiger partial charge in [0.1, 0.15) is 17.5 Å². The van der Waals surface area contributed by atoms with E-state index in [1.165, 1.54) is 5.57 Å². The number of cyclic esters (lactones) is 1. The predicted molar refractivity (Wildman–Crippen MR) is 123 cm³/mol. The van der Waals surface area contributed by atoms with Crippen LogP contribution in [-0.4, -0.2) is 40.8 Å². The number of aliphatic hydroxyl groups is 1. The van der Waals surface area contributed by atoms with E-state index in [1.54, 1.807) is 0 Å². The molecule has 8 atom stereocenters. The Morgan fingerprint density at radius 2 is 1.91 bits per heavy atom. The molecule has 0 aromatic carbocycles. The SMILES string of the molecule is CC1=C(CO)C(=O)O[C@@H]([C@]2(C)O[C@@]34CCC2[C@@]3(C)CC[C@H]2[C@H]4CC=C3C=CCC(=O)[C@@]32C)C1. The Hall–Kier alpha value is -1.72. The van der Waals surface area contributed by atoms with Gasteiger partial charge in [0.05, 0.1) is 23.2 Å². The average Bonchev–Trinajstić information content (AvgIpc) is 3.18. The Morgan fingerprint density at radius 3 is 2.64 bits per heavy atom. The zero-order valence-electron chi connectivity index (χ0n) is 20.3. The van der Waals surface area contributed by atoms with Crippen molar-refractivity contribution < 1.29 is 24.2 Å². The van der Waals surface area contributed by atoms with Crippen LogP contribution >= 0.6 is 0 Å². The van der Waals surface area contributed by atoms with Gasteiger partial charge in [0.15, 0.2) is 0 Å². The fourth-order valence-corrected chi connectivity index (χ4v) is 9.33. The Morgan fingerprint density at radius 1 is 1.12 bits per heavy atom. The van der Waals surface area contributed by atoms with Gasteiger partial charge in [-0.05, 0) is 76.2 Å². The van der Waals surface area contributed by atoms with Gasteiger partial charge in [-0.1, -0.05) is 30.7 Å². The minimum atomic E-state index is -0.554. The number of ether oxygens (including phenoxy) is 2. The van der Waals surface area contributed by atoms with E-state index in [2.05, 4.69) is 32.9 Å². The van der Waals surface area contributed by atoms with Gasteiger partial charge in [-0.25, -0.2) is 4.79 Å². The summed E-state index contributed by atoms with van der Waals surface area (Å²) in [5.41, 5.74) is 1.26. The summed E-state index contributed by atoms with van der Waals surface area (Å²) in [6.45, 7) is 8.39. The molecular formula is C28H36O5. The van der Waals surface area contributed by atoms with Crippen LogP contribution in [0.4, 0.5) is 0 Å². The molecule has 4 aliphatic carbocycles. The number of ketones is 1. The molecule has 5 heteroatoms. The first-order valence-electron chi connectivity index (χ1n) is 12.7. The van der Waals surface area contributed by atoms with E-state index in [9.17, 15) is 14.7 Å². The van der Waals surface area contributed by atoms with Crippen LogP contribution in [0.1, 0.15) is 72.6 Å². The minimum absolute atomic E-state index is 0.0133. The van der Waals surface area contributed by atoms with Crippen LogP contribution in [0.15, 0.2) is 34.9 Å². The summed E-state index contributed by atoms with van der Waals surface area (Å²) in [6, 6.07) is 0. The van der Waals surface area contributed by atoms with Crippen LogP contribution in [0.5, 0.6) is 0 Å². The van der Waals surface area contributed by atoms with E-state index < -0.39 is 17.0 Å². The number of hydrogen-bond donors (Lipinski definition) is 1. The second kappa shape index (κ2) is 6.69. The first-order chi connectivity index (χ1) is 15.6. The Labute approximate surface area is 196 Å². The van der Waals surface area contributed by atoms with Gasteiger partial charge in [0, 0.05) is 18.3 Å². The van der Waals surface area contributed by atoms with Crippen LogP contribution in [0.2, 0.25) is 0 Å². The van der Waals surface area contributed by atoms with Crippen molar-refractivity contribution in [3.8, 4) is 0 Å². The number of carbonyl (C=O) groups is 2. The van der Waals surface area contributed by atoms with Crippen molar-refractivity contribution in [2.75, 3.05) is 6.61 Å². The van der Waals surface area contributed by atoms with Gasteiger partial charge >= 0.3 is 5.97 Å². The van der Waals surface area contributed by atoms with Gasteiger partial charge in [0.25, 0.3) is 0 Å². The molecule has 2 aliphatic heterocycles. The van der Waals surface area contributed by atoms with E-state index in [0.29, 0.717) is 42.0 Å². The molecule has 3 fully saturated rings. The summed E-state index contributed by atoms with van der Waals surface area (Å²) in [7, 11) is 0. The smallest absolute Gasteiger partial charge is 0.336 e. The molecule has 2 saturated carbocycles.